The van der Waals surface area contributed by atoms with Crippen molar-refractivity contribution < 1.29 is 57.3 Å². The van der Waals surface area contributed by atoms with Gasteiger partial charge >= 0.3 is 11.9 Å². The number of rotatable bonds is 27. The molecule has 0 atom stereocenters. The van der Waals surface area contributed by atoms with Crippen LogP contribution in [0.3, 0.4) is 0 Å². The number of nitrogens with zero attached hydrogens (tertiary/aromatic N) is 4. The van der Waals surface area contributed by atoms with E-state index in [9.17, 15) is 19.2 Å². The molecule has 88 heavy (non-hydrogen) atoms. The van der Waals surface area contributed by atoms with Gasteiger partial charge in [0.15, 0.2) is 0 Å². The van der Waals surface area contributed by atoms with Crippen molar-refractivity contribution in [2.24, 2.45) is 10.3 Å². The molecule has 0 aliphatic rings. The van der Waals surface area contributed by atoms with Gasteiger partial charge in [0.1, 0.15) is 58.8 Å². The first-order valence-electron chi connectivity index (χ1n) is 29.6. The average molecular weight is 1180 g/mol. The maximum atomic E-state index is 14.7. The Morgan fingerprint density at radius 2 is 0.716 bits per heavy atom. The summed E-state index contributed by atoms with van der Waals surface area (Å²) in [6.07, 6.45) is 0. The molecule has 0 saturated heterocycles. The first-order valence-corrected chi connectivity index (χ1v) is 29.6. The molecule has 2 heterocycles. The molecule has 0 aliphatic heterocycles. The molecule has 0 N–H and O–H groups in total. The van der Waals surface area contributed by atoms with Crippen molar-refractivity contribution in [2.45, 2.75) is 68.5 Å². The molecule has 0 amide bonds. The third kappa shape index (κ3) is 13.1. The highest BCUT2D eigenvalue weighted by Gasteiger charge is 2.26. The number of aromatic nitrogens is 2. The van der Waals surface area contributed by atoms with Gasteiger partial charge in [0.2, 0.25) is 11.6 Å². The van der Waals surface area contributed by atoms with E-state index in [0.29, 0.717) is 83.0 Å². The molecule has 0 bridgehead atoms. The molecule has 10 aromatic rings. The van der Waals surface area contributed by atoms with Gasteiger partial charge in [0, 0.05) is 104 Å². The molecule has 2 aromatic heterocycles. The van der Waals surface area contributed by atoms with Crippen LogP contribution < -0.4 is 18.9 Å². The van der Waals surface area contributed by atoms with Crippen molar-refractivity contribution in [2.75, 3.05) is 52.9 Å². The normalized spacial score (nSPS) is 11.8. The average Bonchev–Trinajstić information content (AvgIpc) is 1.90. The second-order valence-electron chi connectivity index (χ2n) is 20.8. The summed E-state index contributed by atoms with van der Waals surface area (Å²) < 4.78 is 40.8. The second-order valence-corrected chi connectivity index (χ2v) is 20.8. The van der Waals surface area contributed by atoms with E-state index < -0.39 is 11.9 Å². The Labute approximate surface area is 510 Å². The third-order valence-corrected chi connectivity index (χ3v) is 15.1. The van der Waals surface area contributed by atoms with Gasteiger partial charge in [-0.25, -0.2) is 9.59 Å². The van der Waals surface area contributed by atoms with E-state index in [0.717, 1.165) is 77.0 Å². The van der Waals surface area contributed by atoms with Crippen LogP contribution in [-0.2, 0) is 41.8 Å². The number of hydrogen-bond acceptors (Lipinski definition) is 14. The van der Waals surface area contributed by atoms with E-state index in [4.69, 9.17) is 38.1 Å². The van der Waals surface area contributed by atoms with Crippen molar-refractivity contribution in [1.82, 2.24) is 9.13 Å². The lowest BCUT2D eigenvalue weighted by Gasteiger charge is -2.16. The monoisotopic (exact) mass is 1180 g/mol. The van der Waals surface area contributed by atoms with Crippen LogP contribution in [0.2, 0.25) is 0 Å². The van der Waals surface area contributed by atoms with Crippen LogP contribution in [0, 0.1) is 13.8 Å². The van der Waals surface area contributed by atoms with Gasteiger partial charge in [-0.15, -0.1) is 0 Å². The van der Waals surface area contributed by atoms with Crippen molar-refractivity contribution in [3.05, 3.63) is 213 Å². The smallest absolute Gasteiger partial charge is 0.332 e. The summed E-state index contributed by atoms with van der Waals surface area (Å²) in [6, 6.07) is 49.7. The number of carbonyl (C=O) groups is 4. The van der Waals surface area contributed by atoms with Crippen molar-refractivity contribution in [3.8, 4) is 23.0 Å². The van der Waals surface area contributed by atoms with Crippen molar-refractivity contribution >= 4 is 78.5 Å². The highest BCUT2D eigenvalue weighted by atomic mass is 16.7. The summed E-state index contributed by atoms with van der Waals surface area (Å²) in [5, 5.41) is 12.2. The molecular formula is C72H70N4O12. The summed E-state index contributed by atoms with van der Waals surface area (Å²) in [6.45, 7) is 17.8. The van der Waals surface area contributed by atoms with Gasteiger partial charge in [-0.05, 0) is 138 Å². The SMILES string of the molecule is CCOc1cccc(OCCOCCOCCOc2cccc(OCC)c2C(=O)c2ccc3c(c2)c2cc(/C(=N/OC(C)=O)c4ccccc4C)ccc2n3CC)c1C(=O)c1ccc2c(c1)c1cc(/C(=N/OC(C)=O)c3ccccc3C)ccc1n2CC. The minimum Gasteiger partial charge on any atom is -0.493 e. The Morgan fingerprint density at radius 3 is 1.06 bits per heavy atom. The molecular weight excluding hydrogens is 1110 g/mol. The van der Waals surface area contributed by atoms with Crippen LogP contribution in [0.15, 0.2) is 168 Å². The maximum absolute atomic E-state index is 14.7. The summed E-state index contributed by atoms with van der Waals surface area (Å²) in [4.78, 5) is 63.8. The summed E-state index contributed by atoms with van der Waals surface area (Å²) >= 11 is 0. The molecule has 16 nitrogen and oxygen atoms in total. The summed E-state index contributed by atoms with van der Waals surface area (Å²) in [5.41, 5.74) is 11.5. The van der Waals surface area contributed by atoms with Crippen LogP contribution >= 0.6 is 0 Å². The highest BCUT2D eigenvalue weighted by Crippen LogP contribution is 2.38. The van der Waals surface area contributed by atoms with E-state index >= 15 is 0 Å². The van der Waals surface area contributed by atoms with E-state index in [1.165, 1.54) is 13.8 Å². The third-order valence-electron chi connectivity index (χ3n) is 15.1. The number of aryl methyl sites for hydroxylation is 4. The van der Waals surface area contributed by atoms with Gasteiger partial charge in [-0.1, -0.05) is 83.1 Å². The predicted octanol–water partition coefficient (Wildman–Crippen LogP) is 13.9. The van der Waals surface area contributed by atoms with Crippen LogP contribution in [0.4, 0.5) is 0 Å². The number of fused-ring (bicyclic) bond motifs is 6. The first-order chi connectivity index (χ1) is 42.8. The zero-order chi connectivity index (χ0) is 61.8. The Hall–Kier alpha value is -9.90. The molecule has 0 spiro atoms. The number of ether oxygens (including phenoxy) is 6. The molecule has 0 unspecified atom stereocenters. The predicted molar refractivity (Wildman–Crippen MR) is 342 cm³/mol. The summed E-state index contributed by atoms with van der Waals surface area (Å²) in [7, 11) is 0. The number of hydrogen-bond donors (Lipinski definition) is 0. The fourth-order valence-electron chi connectivity index (χ4n) is 11.2. The standard InChI is InChI=1S/C72H70N4O12/c1-9-75-59-31-27-49(69(73-87-47(7)77)53-21-15-13-19-45(53)5)41-55(59)57-43-51(29-33-61(57)75)71(79)67-63(83-11-3)23-17-25-65(67)85-39-37-81-35-36-82-38-40-86-66-26-18-24-64(84-12-4)68(66)72(80)52-30-34-62-58(44-52)56-42-50(28-32-60(56)76(62)10-2)70(74-88-48(8)78)54-22-16-14-20-46(54)6/h13-34,41-44H,9-12,35-40H2,1-8H3/b73-69-,74-70-. The maximum Gasteiger partial charge on any atom is 0.332 e. The molecule has 16 heteroatoms. The Balaban J connectivity index is 0.786. The molecule has 10 rings (SSSR count). The van der Waals surface area contributed by atoms with Gasteiger partial charge in [-0.2, -0.15) is 0 Å². The first kappa shape index (κ1) is 61.2. The summed E-state index contributed by atoms with van der Waals surface area (Å²) in [5.74, 6) is -0.0695. The topological polar surface area (TPSA) is 177 Å². The van der Waals surface area contributed by atoms with Gasteiger partial charge in [0.05, 0.1) is 39.6 Å². The van der Waals surface area contributed by atoms with Gasteiger partial charge < -0.3 is 47.2 Å². The molecule has 0 aliphatic carbocycles. The number of ketones is 2. The number of carbonyl (C=O) groups excluding carboxylic acids is 4. The fourth-order valence-corrected chi connectivity index (χ4v) is 11.2. The van der Waals surface area contributed by atoms with Gasteiger partial charge in [0.25, 0.3) is 0 Å². The van der Waals surface area contributed by atoms with Gasteiger partial charge in [-0.3, -0.25) is 9.59 Å². The molecule has 0 fully saturated rings. The molecule has 0 saturated carbocycles. The van der Waals surface area contributed by atoms with E-state index in [2.05, 4.69) is 33.3 Å². The Kier molecular flexibility index (Phi) is 19.5. The zero-order valence-electron chi connectivity index (χ0n) is 50.8. The molecule has 8 aromatic carbocycles. The van der Waals surface area contributed by atoms with Crippen LogP contribution in [0.25, 0.3) is 43.6 Å². The quantitative estimate of drug-likeness (QED) is 0.0157. The lowest BCUT2D eigenvalue weighted by Crippen LogP contribution is -2.15. The fraction of sp³-hybridized carbons (Fsp3) is 0.250. The van der Waals surface area contributed by atoms with E-state index in [1.807, 2.05) is 149 Å². The second kappa shape index (κ2) is 28.1. The lowest BCUT2D eigenvalue weighted by atomic mass is 9.96. The lowest BCUT2D eigenvalue weighted by molar-refractivity contribution is -0.141. The highest BCUT2D eigenvalue weighted by molar-refractivity contribution is 6.21. The Morgan fingerprint density at radius 1 is 0.386 bits per heavy atom. The van der Waals surface area contributed by atoms with Crippen LogP contribution in [0.5, 0.6) is 23.0 Å². The van der Waals surface area contributed by atoms with Crippen molar-refractivity contribution in [1.29, 1.82) is 0 Å². The minimum absolute atomic E-state index is 0.145. The molecule has 0 radical (unpaired) electrons. The van der Waals surface area contributed by atoms with Crippen molar-refractivity contribution in [3.63, 3.8) is 0 Å². The number of benzene rings is 8. The van der Waals surface area contributed by atoms with E-state index in [1.54, 1.807) is 36.4 Å². The Bertz CT molecular complexity index is 4050. The largest absolute Gasteiger partial charge is 0.493 e. The zero-order valence-corrected chi connectivity index (χ0v) is 50.8. The molecule has 450 valence electrons. The number of oxime groups is 2. The van der Waals surface area contributed by atoms with Crippen LogP contribution in [0.1, 0.15) is 107 Å². The van der Waals surface area contributed by atoms with E-state index in [-0.39, 0.29) is 51.2 Å². The van der Waals surface area contributed by atoms with Crippen LogP contribution in [-0.4, -0.2) is 96.9 Å². The minimum atomic E-state index is -0.527.